The van der Waals surface area contributed by atoms with Crippen LogP contribution >= 0.6 is 0 Å². The van der Waals surface area contributed by atoms with Crippen LogP contribution in [0, 0.1) is 0 Å². The van der Waals surface area contributed by atoms with Gasteiger partial charge in [-0.3, -0.25) is 10.1 Å². The molecule has 0 fully saturated rings. The molecular formula is C20H23N5O3. The van der Waals surface area contributed by atoms with E-state index in [4.69, 9.17) is 10.2 Å². The lowest BCUT2D eigenvalue weighted by Gasteiger charge is -2.07. The Morgan fingerprint density at radius 3 is 2.61 bits per heavy atom. The summed E-state index contributed by atoms with van der Waals surface area (Å²) in [7, 11) is 0. The SMILES string of the molecule is CCCCc1ccc(NC(=O)Nc2nc(Cc3ccco3)[nH]c2C(N)=O)cc1. The molecule has 8 nitrogen and oxygen atoms in total. The average Bonchev–Trinajstić information content (AvgIpc) is 3.31. The number of urea groups is 1. The Morgan fingerprint density at radius 2 is 1.96 bits per heavy atom. The minimum Gasteiger partial charge on any atom is -0.469 e. The maximum atomic E-state index is 12.3. The summed E-state index contributed by atoms with van der Waals surface area (Å²) in [6, 6.07) is 10.7. The van der Waals surface area contributed by atoms with Crippen LogP contribution in [-0.4, -0.2) is 21.9 Å². The molecule has 3 amide bonds. The number of aromatic nitrogens is 2. The van der Waals surface area contributed by atoms with Crippen molar-refractivity contribution in [2.75, 3.05) is 10.6 Å². The molecule has 28 heavy (non-hydrogen) atoms. The number of nitrogens with zero attached hydrogens (tertiary/aromatic N) is 1. The average molecular weight is 381 g/mol. The highest BCUT2D eigenvalue weighted by Gasteiger charge is 2.18. The Kier molecular flexibility index (Phi) is 6.11. The van der Waals surface area contributed by atoms with E-state index in [1.807, 2.05) is 24.3 Å². The molecule has 0 saturated heterocycles. The maximum absolute atomic E-state index is 12.3. The van der Waals surface area contributed by atoms with E-state index in [0.29, 0.717) is 23.7 Å². The molecule has 3 aromatic rings. The number of furan rings is 1. The molecule has 8 heteroatoms. The van der Waals surface area contributed by atoms with Crippen LogP contribution in [0.3, 0.4) is 0 Å². The zero-order valence-electron chi connectivity index (χ0n) is 15.6. The van der Waals surface area contributed by atoms with Crippen molar-refractivity contribution in [3.63, 3.8) is 0 Å². The molecule has 0 atom stereocenters. The number of H-pyrrole nitrogens is 1. The van der Waals surface area contributed by atoms with Crippen LogP contribution in [0.15, 0.2) is 47.1 Å². The van der Waals surface area contributed by atoms with Crippen molar-refractivity contribution in [3.05, 3.63) is 65.5 Å². The highest BCUT2D eigenvalue weighted by Crippen LogP contribution is 2.17. The molecule has 146 valence electrons. The first-order valence-electron chi connectivity index (χ1n) is 9.13. The summed E-state index contributed by atoms with van der Waals surface area (Å²) in [4.78, 5) is 31.0. The van der Waals surface area contributed by atoms with E-state index < -0.39 is 11.9 Å². The third-order valence-electron chi connectivity index (χ3n) is 4.18. The third-order valence-corrected chi connectivity index (χ3v) is 4.18. The number of aryl methyl sites for hydroxylation is 1. The number of rotatable bonds is 8. The van der Waals surface area contributed by atoms with Crippen LogP contribution in [0.5, 0.6) is 0 Å². The lowest BCUT2D eigenvalue weighted by atomic mass is 10.1. The van der Waals surface area contributed by atoms with Crippen molar-refractivity contribution in [2.24, 2.45) is 5.73 Å². The quantitative estimate of drug-likeness (QED) is 0.475. The molecule has 0 aliphatic heterocycles. The summed E-state index contributed by atoms with van der Waals surface area (Å²) in [6.45, 7) is 2.15. The Balaban J connectivity index is 1.65. The molecule has 3 rings (SSSR count). The predicted molar refractivity (Wildman–Crippen MR) is 106 cm³/mol. The number of anilines is 2. The van der Waals surface area contributed by atoms with Gasteiger partial charge in [-0.25, -0.2) is 9.78 Å². The molecule has 0 spiro atoms. The molecule has 0 unspecified atom stereocenters. The van der Waals surface area contributed by atoms with Gasteiger partial charge in [0.05, 0.1) is 12.7 Å². The topological polar surface area (TPSA) is 126 Å². The molecule has 2 aromatic heterocycles. The van der Waals surface area contributed by atoms with Crippen molar-refractivity contribution in [2.45, 2.75) is 32.6 Å². The second-order valence-corrected chi connectivity index (χ2v) is 6.41. The number of hydrogen-bond donors (Lipinski definition) is 4. The normalized spacial score (nSPS) is 10.6. The highest BCUT2D eigenvalue weighted by atomic mass is 16.3. The molecule has 0 aliphatic rings. The second-order valence-electron chi connectivity index (χ2n) is 6.41. The van der Waals surface area contributed by atoms with Gasteiger partial charge in [0.2, 0.25) is 0 Å². The molecule has 0 saturated carbocycles. The smallest absolute Gasteiger partial charge is 0.324 e. The lowest BCUT2D eigenvalue weighted by molar-refractivity contribution is 0.0997. The van der Waals surface area contributed by atoms with Gasteiger partial charge in [-0.05, 0) is 42.7 Å². The first-order valence-corrected chi connectivity index (χ1v) is 9.13. The van der Waals surface area contributed by atoms with Crippen LogP contribution in [0.1, 0.15) is 47.4 Å². The fraction of sp³-hybridized carbons (Fsp3) is 0.250. The minimum atomic E-state index is -0.714. The van der Waals surface area contributed by atoms with Crippen LogP contribution in [0.4, 0.5) is 16.3 Å². The maximum Gasteiger partial charge on any atom is 0.324 e. The minimum absolute atomic E-state index is 0.0339. The van der Waals surface area contributed by atoms with E-state index in [9.17, 15) is 9.59 Å². The number of imidazole rings is 1. The zero-order chi connectivity index (χ0) is 19.9. The summed E-state index contributed by atoms with van der Waals surface area (Å²) in [6.07, 6.45) is 5.17. The van der Waals surface area contributed by atoms with Gasteiger partial charge in [-0.15, -0.1) is 0 Å². The van der Waals surface area contributed by atoms with E-state index in [1.54, 1.807) is 18.4 Å². The van der Waals surface area contributed by atoms with E-state index in [2.05, 4.69) is 27.5 Å². The Morgan fingerprint density at radius 1 is 1.18 bits per heavy atom. The van der Waals surface area contributed by atoms with Crippen molar-refractivity contribution < 1.29 is 14.0 Å². The fourth-order valence-corrected chi connectivity index (χ4v) is 2.76. The van der Waals surface area contributed by atoms with E-state index >= 15 is 0 Å². The number of unbranched alkanes of at least 4 members (excludes halogenated alkanes) is 1. The molecule has 2 heterocycles. The summed E-state index contributed by atoms with van der Waals surface area (Å²) in [5, 5.41) is 5.29. The molecule has 0 radical (unpaired) electrons. The number of amides is 3. The molecule has 5 N–H and O–H groups in total. The van der Waals surface area contributed by atoms with Gasteiger partial charge in [-0.1, -0.05) is 25.5 Å². The summed E-state index contributed by atoms with van der Waals surface area (Å²) in [5.41, 5.74) is 7.28. The van der Waals surface area contributed by atoms with Crippen LogP contribution in [-0.2, 0) is 12.8 Å². The van der Waals surface area contributed by atoms with Gasteiger partial charge < -0.3 is 20.5 Å². The Labute approximate surface area is 162 Å². The number of nitrogens with one attached hydrogen (secondary N) is 3. The van der Waals surface area contributed by atoms with Gasteiger partial charge in [0.15, 0.2) is 5.82 Å². The Hall–Kier alpha value is -3.55. The van der Waals surface area contributed by atoms with Crippen molar-refractivity contribution in [1.82, 2.24) is 9.97 Å². The second kappa shape index (κ2) is 8.90. The fourth-order valence-electron chi connectivity index (χ4n) is 2.76. The summed E-state index contributed by atoms with van der Waals surface area (Å²) >= 11 is 0. The van der Waals surface area contributed by atoms with Gasteiger partial charge in [0.25, 0.3) is 5.91 Å². The summed E-state index contributed by atoms with van der Waals surface area (Å²) < 4.78 is 5.27. The number of primary amides is 1. The lowest BCUT2D eigenvalue weighted by Crippen LogP contribution is -2.22. The number of nitrogens with two attached hydrogens (primary N) is 1. The van der Waals surface area contributed by atoms with Gasteiger partial charge in [-0.2, -0.15) is 0 Å². The van der Waals surface area contributed by atoms with E-state index in [-0.39, 0.29) is 11.5 Å². The number of benzene rings is 1. The van der Waals surface area contributed by atoms with Crippen LogP contribution in [0.2, 0.25) is 0 Å². The number of carbonyl (C=O) groups excluding carboxylic acids is 2. The molecule has 0 aliphatic carbocycles. The van der Waals surface area contributed by atoms with Crippen molar-refractivity contribution in [3.8, 4) is 0 Å². The van der Waals surface area contributed by atoms with Crippen molar-refractivity contribution in [1.29, 1.82) is 0 Å². The largest absolute Gasteiger partial charge is 0.469 e. The van der Waals surface area contributed by atoms with E-state index in [0.717, 1.165) is 19.3 Å². The van der Waals surface area contributed by atoms with Gasteiger partial charge in [0, 0.05) is 5.69 Å². The third kappa shape index (κ3) is 5.00. The van der Waals surface area contributed by atoms with Crippen molar-refractivity contribution >= 4 is 23.4 Å². The number of hydrogen-bond acceptors (Lipinski definition) is 4. The molecular weight excluding hydrogens is 358 g/mol. The van der Waals surface area contributed by atoms with Gasteiger partial charge >= 0.3 is 6.03 Å². The predicted octanol–water partition coefficient (Wildman–Crippen LogP) is 3.68. The van der Waals surface area contributed by atoms with Crippen LogP contribution < -0.4 is 16.4 Å². The molecule has 0 bridgehead atoms. The number of aromatic amines is 1. The van der Waals surface area contributed by atoms with E-state index in [1.165, 1.54) is 5.56 Å². The highest BCUT2D eigenvalue weighted by molar-refractivity contribution is 6.04. The Bertz CT molecular complexity index is 929. The standard InChI is InChI=1S/C20H23N5O3/c1-2-3-5-13-7-9-14(10-8-13)22-20(27)25-19-17(18(21)26)23-16(24-19)12-15-6-4-11-28-15/h4,6-11H,2-3,5,12H2,1H3,(H2,21,26)(H,23,24)(H2,22,25,27). The first kappa shape index (κ1) is 19.2. The van der Waals surface area contributed by atoms with Gasteiger partial charge in [0.1, 0.15) is 17.3 Å². The zero-order valence-corrected chi connectivity index (χ0v) is 15.6. The monoisotopic (exact) mass is 381 g/mol. The first-order chi connectivity index (χ1) is 13.5. The number of carbonyl (C=O) groups is 2. The summed E-state index contributed by atoms with van der Waals surface area (Å²) in [5.74, 6) is 0.489. The van der Waals surface area contributed by atoms with Crippen LogP contribution in [0.25, 0.3) is 0 Å². The molecule has 1 aromatic carbocycles.